The second-order valence-electron chi connectivity index (χ2n) is 11.7. The summed E-state index contributed by atoms with van der Waals surface area (Å²) in [6, 6.07) is 11.5. The van der Waals surface area contributed by atoms with Crippen LogP contribution < -0.4 is 15.8 Å². The van der Waals surface area contributed by atoms with Gasteiger partial charge in [-0.1, -0.05) is 18.2 Å². The van der Waals surface area contributed by atoms with Gasteiger partial charge in [0.15, 0.2) is 5.78 Å². The number of aliphatic hydroxyl groups is 1. The molecular weight excluding hydrogens is 618 g/mol. The van der Waals surface area contributed by atoms with Crippen LogP contribution >= 0.6 is 0 Å². The number of hydrogen-bond donors (Lipinski definition) is 4. The molecule has 46 heavy (non-hydrogen) atoms. The van der Waals surface area contributed by atoms with Gasteiger partial charge < -0.3 is 20.6 Å². The van der Waals surface area contributed by atoms with E-state index in [0.29, 0.717) is 11.6 Å². The van der Waals surface area contributed by atoms with Crippen molar-refractivity contribution in [1.29, 1.82) is 0 Å². The predicted molar refractivity (Wildman–Crippen MR) is 170 cm³/mol. The number of nitrogens with two attached hydrogens (primary N) is 1. The minimum atomic E-state index is -4.35. The Labute approximate surface area is 268 Å². The van der Waals surface area contributed by atoms with E-state index in [1.54, 1.807) is 52.0 Å². The van der Waals surface area contributed by atoms with Gasteiger partial charge in [-0.2, -0.15) is 0 Å². The number of benzene rings is 3. The fraction of sp³-hybridized carbons (Fsp3) is 0.364. The number of carbonyl (C=O) groups is 3. The van der Waals surface area contributed by atoms with E-state index < -0.39 is 50.5 Å². The number of sulfonamides is 1. The first-order chi connectivity index (χ1) is 21.5. The van der Waals surface area contributed by atoms with Crippen LogP contribution in [0.1, 0.15) is 76.8 Å². The van der Waals surface area contributed by atoms with Gasteiger partial charge in [0.2, 0.25) is 10.0 Å². The molecule has 0 spiro atoms. The summed E-state index contributed by atoms with van der Waals surface area (Å²) in [6.07, 6.45) is -1.50. The topological polar surface area (TPSA) is 159 Å². The second kappa shape index (κ2) is 15.5. The highest BCUT2D eigenvalue weighted by Gasteiger charge is 2.27. The number of nitrogens with one attached hydrogen (secondary N) is 2. The van der Waals surface area contributed by atoms with E-state index in [1.165, 1.54) is 17.9 Å². The molecular formula is C33H40F2N4O6S. The van der Waals surface area contributed by atoms with E-state index >= 15 is 0 Å². The Morgan fingerprint density at radius 2 is 1.48 bits per heavy atom. The molecule has 0 fully saturated rings. The third-order valence-corrected chi connectivity index (χ3v) is 8.16. The Bertz CT molecular complexity index is 1670. The van der Waals surface area contributed by atoms with Crippen LogP contribution in [-0.2, 0) is 23.0 Å². The highest BCUT2D eigenvalue weighted by Crippen LogP contribution is 2.20. The molecule has 0 saturated heterocycles. The fourth-order valence-corrected chi connectivity index (χ4v) is 5.74. The molecule has 0 aliphatic heterocycles. The Morgan fingerprint density at radius 3 is 2.04 bits per heavy atom. The number of Topliss-reactive ketones (excluding diaryl/α,β-unsaturated/α-hetero) is 1. The van der Waals surface area contributed by atoms with Gasteiger partial charge in [0.25, 0.3) is 11.8 Å². The van der Waals surface area contributed by atoms with Crippen molar-refractivity contribution in [3.63, 3.8) is 0 Å². The first kappa shape index (κ1) is 36.4. The van der Waals surface area contributed by atoms with Crippen molar-refractivity contribution >= 4 is 27.6 Å². The van der Waals surface area contributed by atoms with Crippen molar-refractivity contribution < 1.29 is 36.7 Å². The normalized spacial score (nSPS) is 13.0. The van der Waals surface area contributed by atoms with E-state index in [4.69, 9.17) is 5.14 Å². The van der Waals surface area contributed by atoms with Gasteiger partial charge >= 0.3 is 0 Å². The largest absolute Gasteiger partial charge is 0.390 e. The number of ketones is 1. The molecule has 0 radical (unpaired) electrons. The molecule has 0 heterocycles. The molecule has 0 aromatic heterocycles. The van der Waals surface area contributed by atoms with Crippen LogP contribution in [0.4, 0.5) is 8.78 Å². The predicted octanol–water partition coefficient (Wildman–Crippen LogP) is 3.57. The molecule has 10 nitrogen and oxygen atoms in total. The van der Waals surface area contributed by atoms with E-state index in [2.05, 4.69) is 10.6 Å². The first-order valence-corrected chi connectivity index (χ1v) is 16.3. The maximum Gasteiger partial charge on any atom is 0.254 e. The van der Waals surface area contributed by atoms with Gasteiger partial charge in [-0.15, -0.1) is 0 Å². The third-order valence-electron chi connectivity index (χ3n) is 7.27. The molecule has 2 amide bonds. The van der Waals surface area contributed by atoms with Crippen LogP contribution in [0.25, 0.3) is 0 Å². The summed E-state index contributed by atoms with van der Waals surface area (Å²) in [5, 5.41) is 22.2. The van der Waals surface area contributed by atoms with Crippen molar-refractivity contribution in [1.82, 2.24) is 15.5 Å². The second-order valence-corrected chi connectivity index (χ2v) is 13.3. The molecule has 0 saturated carbocycles. The average molecular weight is 659 g/mol. The van der Waals surface area contributed by atoms with E-state index in [-0.39, 0.29) is 54.1 Å². The summed E-state index contributed by atoms with van der Waals surface area (Å²) in [5.41, 5.74) is 1.12. The summed E-state index contributed by atoms with van der Waals surface area (Å²) in [4.78, 5) is 39.8. The molecule has 5 N–H and O–H groups in total. The molecule has 2 atom stereocenters. The number of primary sulfonamides is 1. The number of nitrogens with zero attached hydrogens (tertiary/aromatic N) is 1. The maximum absolute atomic E-state index is 14.0. The number of carbonyl (C=O) groups excluding carboxylic acids is 3. The molecule has 3 aromatic rings. The molecule has 0 aliphatic rings. The number of aliphatic hydroxyl groups excluding tert-OH is 1. The number of rotatable bonds is 14. The first-order valence-electron chi connectivity index (χ1n) is 14.7. The van der Waals surface area contributed by atoms with Gasteiger partial charge in [-0.05, 0) is 88.6 Å². The van der Waals surface area contributed by atoms with Gasteiger partial charge in [-0.25, -0.2) is 22.3 Å². The van der Waals surface area contributed by atoms with Crippen LogP contribution in [0, 0.1) is 11.6 Å². The molecule has 0 aliphatic carbocycles. The minimum Gasteiger partial charge on any atom is -0.390 e. The van der Waals surface area contributed by atoms with Gasteiger partial charge in [-0.3, -0.25) is 14.4 Å². The lowest BCUT2D eigenvalue weighted by Crippen LogP contribution is -2.48. The van der Waals surface area contributed by atoms with Gasteiger partial charge in [0, 0.05) is 47.9 Å². The van der Waals surface area contributed by atoms with Crippen LogP contribution in [0.5, 0.6) is 0 Å². The zero-order valence-electron chi connectivity index (χ0n) is 26.4. The molecule has 248 valence electrons. The zero-order chi connectivity index (χ0) is 34.3. The zero-order valence-corrected chi connectivity index (χ0v) is 27.2. The summed E-state index contributed by atoms with van der Waals surface area (Å²) < 4.78 is 52.7. The van der Waals surface area contributed by atoms with Gasteiger partial charge in [0.1, 0.15) is 11.6 Å². The SMILES string of the molecule is CC(=O)c1cccc(CNC[C@@H](O)[C@H](Cc2cc(F)cc(F)c2)NC(=O)c2cc(C(=O)N(C(C)C)C(C)C)cc(S(N)(=O)=O)c2)c1. The summed E-state index contributed by atoms with van der Waals surface area (Å²) in [6.45, 7) is 8.81. The summed E-state index contributed by atoms with van der Waals surface area (Å²) in [5.74, 6) is -3.17. The maximum atomic E-state index is 14.0. The van der Waals surface area contributed by atoms with Crippen molar-refractivity contribution in [2.45, 2.75) is 76.7 Å². The quantitative estimate of drug-likeness (QED) is 0.193. The van der Waals surface area contributed by atoms with Crippen molar-refractivity contribution in [2.24, 2.45) is 5.14 Å². The molecule has 3 aromatic carbocycles. The van der Waals surface area contributed by atoms with Crippen LogP contribution in [0.2, 0.25) is 0 Å². The van der Waals surface area contributed by atoms with Gasteiger partial charge in [0.05, 0.1) is 17.0 Å². The van der Waals surface area contributed by atoms with Crippen LogP contribution in [0.15, 0.2) is 65.6 Å². The Balaban J connectivity index is 1.93. The lowest BCUT2D eigenvalue weighted by atomic mass is 9.99. The Kier molecular flexibility index (Phi) is 12.3. The molecule has 0 bridgehead atoms. The smallest absolute Gasteiger partial charge is 0.254 e. The molecule has 13 heteroatoms. The standard InChI is InChI=1S/C33H40F2N4O6S/c1-19(2)39(20(3)4)33(43)26-13-25(14-29(15-26)46(36,44)45)32(42)38-30(12-23-10-27(34)16-28(35)11-23)31(41)18-37-17-22-7-6-8-24(9-22)21(5)40/h6-11,13-16,19-20,30-31,37,41H,12,17-18H2,1-5H3,(H,38,42)(H2,36,44,45)/t30-,31+/m0/s1. The monoisotopic (exact) mass is 658 g/mol. The lowest BCUT2D eigenvalue weighted by Gasteiger charge is -2.31. The van der Waals surface area contributed by atoms with Crippen molar-refractivity contribution in [2.75, 3.05) is 6.54 Å². The minimum absolute atomic E-state index is 0.0776. The third kappa shape index (κ3) is 9.98. The van der Waals surface area contributed by atoms with Crippen LogP contribution in [0.3, 0.4) is 0 Å². The van der Waals surface area contributed by atoms with Crippen molar-refractivity contribution in [3.05, 3.63) is 100 Å². The number of halogens is 2. The fourth-order valence-electron chi connectivity index (χ4n) is 5.16. The Hall–Kier alpha value is -4.04. The summed E-state index contributed by atoms with van der Waals surface area (Å²) >= 11 is 0. The number of hydrogen-bond acceptors (Lipinski definition) is 7. The van der Waals surface area contributed by atoms with Crippen molar-refractivity contribution in [3.8, 4) is 0 Å². The summed E-state index contributed by atoms with van der Waals surface area (Å²) in [7, 11) is -4.35. The van der Waals surface area contributed by atoms with E-state index in [9.17, 15) is 36.7 Å². The Morgan fingerprint density at radius 1 is 0.870 bits per heavy atom. The van der Waals surface area contributed by atoms with Crippen LogP contribution in [-0.4, -0.2) is 66.8 Å². The highest BCUT2D eigenvalue weighted by atomic mass is 32.2. The number of amides is 2. The molecule has 3 rings (SSSR count). The average Bonchev–Trinajstić information content (AvgIpc) is 2.95. The van der Waals surface area contributed by atoms with E-state index in [0.717, 1.165) is 29.8 Å². The molecule has 0 unspecified atom stereocenters. The lowest BCUT2D eigenvalue weighted by molar-refractivity contribution is 0.0643. The van der Waals surface area contributed by atoms with E-state index in [1.807, 2.05) is 0 Å². The highest BCUT2D eigenvalue weighted by molar-refractivity contribution is 7.89.